The molecule has 0 aromatic carbocycles. The van der Waals surface area contributed by atoms with Gasteiger partial charge in [0.1, 0.15) is 18.5 Å². The van der Waals surface area contributed by atoms with Gasteiger partial charge in [0.2, 0.25) is 5.88 Å². The van der Waals surface area contributed by atoms with E-state index in [1.807, 2.05) is 0 Å². The molecule has 0 saturated carbocycles. The Morgan fingerprint density at radius 3 is 2.70 bits per heavy atom. The van der Waals surface area contributed by atoms with E-state index >= 15 is 0 Å². The van der Waals surface area contributed by atoms with Gasteiger partial charge < -0.3 is 9.84 Å². The summed E-state index contributed by atoms with van der Waals surface area (Å²) in [6, 6.07) is 1.23. The fraction of sp³-hybridized carbons (Fsp3) is 0.538. The quantitative estimate of drug-likeness (QED) is 0.864. The number of carboxylic acid groups (broad SMARTS) is 1. The van der Waals surface area contributed by atoms with Gasteiger partial charge in [-0.15, -0.1) is 0 Å². The number of piperidine rings is 1. The van der Waals surface area contributed by atoms with Crippen molar-refractivity contribution in [3.8, 4) is 5.88 Å². The minimum atomic E-state index is -3.88. The van der Waals surface area contributed by atoms with Crippen LogP contribution < -0.4 is 9.04 Å². The molecule has 3 rings (SSSR count). The third-order valence-electron chi connectivity index (χ3n) is 3.87. The molecule has 0 aliphatic carbocycles. The first-order valence-corrected chi connectivity index (χ1v) is 8.57. The molecule has 1 fully saturated rings. The van der Waals surface area contributed by atoms with E-state index in [1.54, 1.807) is 0 Å². The first-order valence-electron chi connectivity index (χ1n) is 7.17. The van der Waals surface area contributed by atoms with Crippen LogP contribution in [0.3, 0.4) is 0 Å². The minimum absolute atomic E-state index is 0.0512. The van der Waals surface area contributed by atoms with Crippen molar-refractivity contribution in [2.75, 3.05) is 30.5 Å². The fourth-order valence-corrected chi connectivity index (χ4v) is 4.26. The molecule has 0 radical (unpaired) electrons. The van der Waals surface area contributed by atoms with Crippen LogP contribution in [-0.2, 0) is 10.2 Å². The van der Waals surface area contributed by atoms with E-state index in [1.165, 1.54) is 10.4 Å². The van der Waals surface area contributed by atoms with Gasteiger partial charge in [-0.05, 0) is 18.9 Å². The van der Waals surface area contributed by atoms with Crippen LogP contribution in [0.25, 0.3) is 0 Å². The molecular weight excluding hydrogens is 329 g/mol. The first-order chi connectivity index (χ1) is 10.9. The standard InChI is InChI=1S/C13H16FN3O5S/c14-10-1-3-16(4-2-10)23(20,21)17-5-6-22-12-11(17)7-9(8-15-12)13(18)19/h7-8,10H,1-6H2,(H,18,19). The van der Waals surface area contributed by atoms with E-state index in [0.29, 0.717) is 0 Å². The second-order valence-corrected chi connectivity index (χ2v) is 7.21. The lowest BCUT2D eigenvalue weighted by atomic mass is 10.1. The Morgan fingerprint density at radius 2 is 2.04 bits per heavy atom. The smallest absolute Gasteiger partial charge is 0.337 e. The van der Waals surface area contributed by atoms with Gasteiger partial charge in [-0.25, -0.2) is 18.5 Å². The van der Waals surface area contributed by atoms with Crippen LogP contribution in [-0.4, -0.2) is 61.2 Å². The lowest BCUT2D eigenvalue weighted by molar-refractivity contribution is 0.0696. The van der Waals surface area contributed by atoms with Crippen molar-refractivity contribution in [2.24, 2.45) is 0 Å². The zero-order valence-electron chi connectivity index (χ0n) is 12.2. The average Bonchev–Trinajstić information content (AvgIpc) is 2.54. The number of hydrogen-bond acceptors (Lipinski definition) is 5. The van der Waals surface area contributed by atoms with Crippen molar-refractivity contribution in [3.05, 3.63) is 17.8 Å². The number of aromatic nitrogens is 1. The Morgan fingerprint density at radius 1 is 1.35 bits per heavy atom. The van der Waals surface area contributed by atoms with E-state index in [4.69, 9.17) is 9.84 Å². The van der Waals surface area contributed by atoms with Gasteiger partial charge in [0.15, 0.2) is 0 Å². The predicted octanol–water partition coefficient (Wildman–Crippen LogP) is 0.657. The number of carbonyl (C=O) groups is 1. The molecule has 1 aromatic rings. The van der Waals surface area contributed by atoms with E-state index in [2.05, 4.69) is 4.98 Å². The summed E-state index contributed by atoms with van der Waals surface area (Å²) >= 11 is 0. The Hall–Kier alpha value is -1.94. The van der Waals surface area contributed by atoms with Crippen LogP contribution in [0.2, 0.25) is 0 Å². The average molecular weight is 345 g/mol. The van der Waals surface area contributed by atoms with E-state index in [9.17, 15) is 17.6 Å². The van der Waals surface area contributed by atoms with Gasteiger partial charge in [0.05, 0.1) is 12.1 Å². The summed E-state index contributed by atoms with van der Waals surface area (Å²) < 4.78 is 46.4. The van der Waals surface area contributed by atoms with Crippen LogP contribution in [0.5, 0.6) is 5.88 Å². The summed E-state index contributed by atoms with van der Waals surface area (Å²) in [5, 5.41) is 9.05. The number of nitrogens with zero attached hydrogens (tertiary/aromatic N) is 3. The molecule has 0 atom stereocenters. The van der Waals surface area contributed by atoms with Crippen LogP contribution in [0, 0.1) is 0 Å². The van der Waals surface area contributed by atoms with Crippen molar-refractivity contribution in [1.29, 1.82) is 0 Å². The number of ether oxygens (including phenoxy) is 1. The molecule has 1 N–H and O–H groups in total. The van der Waals surface area contributed by atoms with Gasteiger partial charge in [0, 0.05) is 19.3 Å². The van der Waals surface area contributed by atoms with Crippen LogP contribution >= 0.6 is 0 Å². The van der Waals surface area contributed by atoms with Crippen LogP contribution in [0.1, 0.15) is 23.2 Å². The van der Waals surface area contributed by atoms with Gasteiger partial charge in [-0.1, -0.05) is 0 Å². The topological polar surface area (TPSA) is 100 Å². The highest BCUT2D eigenvalue weighted by atomic mass is 32.2. The monoisotopic (exact) mass is 345 g/mol. The summed E-state index contributed by atoms with van der Waals surface area (Å²) in [5.41, 5.74) is -0.0320. The van der Waals surface area contributed by atoms with Crippen molar-refractivity contribution in [3.63, 3.8) is 0 Å². The molecule has 0 amide bonds. The molecule has 3 heterocycles. The van der Waals surface area contributed by atoms with Crippen LogP contribution in [0.4, 0.5) is 10.1 Å². The normalized spacial score (nSPS) is 20.0. The second-order valence-electron chi connectivity index (χ2n) is 5.36. The molecule has 23 heavy (non-hydrogen) atoms. The third-order valence-corrected chi connectivity index (χ3v) is 5.82. The van der Waals surface area contributed by atoms with Gasteiger partial charge in [-0.3, -0.25) is 0 Å². The number of halogens is 1. The largest absolute Gasteiger partial charge is 0.478 e. The Kier molecular flexibility index (Phi) is 4.11. The summed E-state index contributed by atoms with van der Waals surface area (Å²) in [5.74, 6) is -1.13. The number of hydrogen-bond donors (Lipinski definition) is 1. The number of anilines is 1. The molecule has 0 unspecified atom stereocenters. The maximum atomic E-state index is 13.2. The van der Waals surface area contributed by atoms with Crippen molar-refractivity contribution in [2.45, 2.75) is 19.0 Å². The second kappa shape index (κ2) is 5.93. The summed E-state index contributed by atoms with van der Waals surface area (Å²) in [7, 11) is -3.88. The zero-order chi connectivity index (χ0) is 16.6. The SMILES string of the molecule is O=C(O)c1cnc2c(c1)N(S(=O)(=O)N1CCC(F)CC1)CCO2. The zero-order valence-corrected chi connectivity index (χ0v) is 13.0. The molecule has 10 heteroatoms. The minimum Gasteiger partial charge on any atom is -0.478 e. The van der Waals surface area contributed by atoms with E-state index in [0.717, 1.165) is 10.5 Å². The number of carboxylic acids is 1. The Balaban J connectivity index is 1.95. The highest BCUT2D eigenvalue weighted by Crippen LogP contribution is 2.33. The lowest BCUT2D eigenvalue weighted by Crippen LogP contribution is -2.50. The molecular formula is C13H16FN3O5S. The van der Waals surface area contributed by atoms with Crippen molar-refractivity contribution < 1.29 is 27.4 Å². The van der Waals surface area contributed by atoms with E-state index in [-0.39, 0.29) is 56.2 Å². The molecule has 1 saturated heterocycles. The Labute approximate surface area is 132 Å². The number of alkyl halides is 1. The first kappa shape index (κ1) is 15.9. The number of rotatable bonds is 3. The number of fused-ring (bicyclic) bond motifs is 1. The number of aromatic carboxylic acids is 1. The predicted molar refractivity (Wildman–Crippen MR) is 78.7 cm³/mol. The molecule has 2 aliphatic heterocycles. The van der Waals surface area contributed by atoms with Crippen molar-refractivity contribution in [1.82, 2.24) is 9.29 Å². The van der Waals surface area contributed by atoms with Crippen molar-refractivity contribution >= 4 is 21.9 Å². The highest BCUT2D eigenvalue weighted by molar-refractivity contribution is 7.90. The van der Waals surface area contributed by atoms with Gasteiger partial charge in [-0.2, -0.15) is 12.7 Å². The summed E-state index contributed by atoms with van der Waals surface area (Å²) in [6.07, 6.45) is 0.443. The maximum absolute atomic E-state index is 13.2. The lowest BCUT2D eigenvalue weighted by Gasteiger charge is -2.36. The molecule has 126 valence electrons. The third kappa shape index (κ3) is 2.95. The summed E-state index contributed by atoms with van der Waals surface area (Å²) in [4.78, 5) is 15.0. The molecule has 2 aliphatic rings. The van der Waals surface area contributed by atoms with E-state index < -0.39 is 22.4 Å². The fourth-order valence-electron chi connectivity index (χ4n) is 2.63. The maximum Gasteiger partial charge on any atom is 0.337 e. The molecule has 8 nitrogen and oxygen atoms in total. The number of pyridine rings is 1. The molecule has 0 bridgehead atoms. The summed E-state index contributed by atoms with van der Waals surface area (Å²) in [6.45, 7) is 0.366. The highest BCUT2D eigenvalue weighted by Gasteiger charge is 2.36. The van der Waals surface area contributed by atoms with Gasteiger partial charge >= 0.3 is 16.2 Å². The van der Waals surface area contributed by atoms with Gasteiger partial charge in [0.25, 0.3) is 0 Å². The van der Waals surface area contributed by atoms with Crippen LogP contribution in [0.15, 0.2) is 12.3 Å². The Bertz CT molecular complexity index is 718. The molecule has 0 spiro atoms. The molecule has 1 aromatic heterocycles.